The van der Waals surface area contributed by atoms with Crippen molar-refractivity contribution in [1.29, 1.82) is 0 Å². The van der Waals surface area contributed by atoms with E-state index in [1.807, 2.05) is 0 Å². The Balaban J connectivity index is 8.77. The van der Waals surface area contributed by atoms with Gasteiger partial charge in [0.2, 0.25) is 17.3 Å². The highest BCUT2D eigenvalue weighted by molar-refractivity contribution is 7.48. The van der Waals surface area contributed by atoms with E-state index < -0.39 is 92.8 Å². The normalized spacial score (nSPS) is 17.0. The highest BCUT2D eigenvalue weighted by Gasteiger charge is 2.68. The van der Waals surface area contributed by atoms with Gasteiger partial charge in [-0.15, -0.1) is 0 Å². The lowest BCUT2D eigenvalue weighted by Gasteiger charge is -2.47. The van der Waals surface area contributed by atoms with E-state index in [2.05, 4.69) is 39.5 Å². The fraction of sp³-hybridized carbons (Fsp3) is 0.500. The number of phosphoric ester groups is 1. The first-order valence-electron chi connectivity index (χ1n) is 15.1. The van der Waals surface area contributed by atoms with Crippen molar-refractivity contribution in [2.75, 3.05) is 0 Å². The molecule has 14 heteroatoms. The second kappa shape index (κ2) is 15.0. The minimum Gasteiger partial charge on any atom is -0.358 e. The zero-order valence-corrected chi connectivity index (χ0v) is 32.0. The molecule has 3 atom stereocenters. The molecule has 50 heavy (non-hydrogen) atoms. The van der Waals surface area contributed by atoms with E-state index in [0.29, 0.717) is 0 Å². The molecule has 0 aliphatic rings. The van der Waals surface area contributed by atoms with E-state index in [4.69, 9.17) is 13.6 Å². The molecule has 0 aliphatic heterocycles. The van der Waals surface area contributed by atoms with Crippen LogP contribution in [0, 0.1) is 16.2 Å². The molecule has 0 aromatic rings. The summed E-state index contributed by atoms with van der Waals surface area (Å²) in [6, 6.07) is 0. The molecule has 0 saturated heterocycles. The van der Waals surface area contributed by atoms with Gasteiger partial charge in [0.15, 0.2) is 17.3 Å². The van der Waals surface area contributed by atoms with E-state index in [9.17, 15) is 44.1 Å². The predicted octanol–water partition coefficient (Wildman–Crippen LogP) is 5.16. The molecular formula is C36H51O13P. The number of hydrogen-bond donors (Lipinski definition) is 3. The van der Waals surface area contributed by atoms with Crippen molar-refractivity contribution in [3.63, 3.8) is 0 Å². The Hall–Kier alpha value is -3.55. The molecule has 278 valence electrons. The van der Waals surface area contributed by atoms with Crippen molar-refractivity contribution in [2.24, 2.45) is 16.2 Å². The molecule has 0 saturated carbocycles. The van der Waals surface area contributed by atoms with Crippen molar-refractivity contribution >= 4 is 42.5 Å². The fourth-order valence-corrected chi connectivity index (χ4v) is 6.81. The van der Waals surface area contributed by atoms with E-state index in [1.54, 1.807) is 0 Å². The summed E-state index contributed by atoms with van der Waals surface area (Å²) in [6.07, 6.45) is 0. The van der Waals surface area contributed by atoms with Crippen LogP contribution in [0.15, 0.2) is 72.9 Å². The van der Waals surface area contributed by atoms with Crippen LogP contribution >= 0.6 is 7.82 Å². The average Bonchev–Trinajstić information content (AvgIpc) is 2.96. The largest absolute Gasteiger partial charge is 0.483 e. The number of carbonyl (C=O) groups excluding carboxylic acids is 6. The molecule has 0 amide bonds. The lowest BCUT2D eigenvalue weighted by atomic mass is 9.74. The first-order chi connectivity index (χ1) is 22.0. The molecule has 0 rings (SSSR count). The van der Waals surface area contributed by atoms with Crippen LogP contribution in [-0.2, 0) is 46.9 Å². The van der Waals surface area contributed by atoms with Gasteiger partial charge in [0.1, 0.15) is 0 Å². The quantitative estimate of drug-likeness (QED) is 0.0796. The van der Waals surface area contributed by atoms with Crippen LogP contribution < -0.4 is 0 Å². The molecule has 0 aliphatic carbocycles. The van der Waals surface area contributed by atoms with Crippen LogP contribution in [0.2, 0.25) is 0 Å². The Morgan fingerprint density at radius 2 is 0.540 bits per heavy atom. The van der Waals surface area contributed by atoms with Gasteiger partial charge in [0.05, 0.1) is 16.2 Å². The first-order valence-corrected chi connectivity index (χ1v) is 16.6. The average molecular weight is 723 g/mol. The highest BCUT2D eigenvalue weighted by atomic mass is 31.2. The third-order valence-corrected chi connectivity index (χ3v) is 9.69. The zero-order chi connectivity index (χ0) is 40.5. The minimum atomic E-state index is -6.45. The third kappa shape index (κ3) is 8.15. The Labute approximate surface area is 294 Å². The summed E-state index contributed by atoms with van der Waals surface area (Å²) in [5, 5.41) is 36.2. The number of rotatable bonds is 21. The molecule has 0 heterocycles. The lowest BCUT2D eigenvalue weighted by Crippen LogP contribution is -2.61. The zero-order valence-electron chi connectivity index (χ0n) is 31.1. The van der Waals surface area contributed by atoms with E-state index in [0.717, 1.165) is 62.3 Å². The number of hydrogen-bond acceptors (Lipinski definition) is 13. The first kappa shape index (κ1) is 46.5. The molecule has 0 fully saturated rings. The highest BCUT2D eigenvalue weighted by Crippen LogP contribution is 2.64. The van der Waals surface area contributed by atoms with Crippen molar-refractivity contribution in [1.82, 2.24) is 0 Å². The topological polar surface area (TPSA) is 208 Å². The van der Waals surface area contributed by atoms with E-state index >= 15 is 4.57 Å². The van der Waals surface area contributed by atoms with Gasteiger partial charge >= 0.3 is 7.82 Å². The second-order valence-corrected chi connectivity index (χ2v) is 15.6. The van der Waals surface area contributed by atoms with Gasteiger partial charge in [-0.2, -0.15) is 0 Å². The molecule has 0 aromatic heterocycles. The van der Waals surface area contributed by atoms with Crippen LogP contribution in [0.3, 0.4) is 0 Å². The van der Waals surface area contributed by atoms with Crippen molar-refractivity contribution < 1.29 is 62.2 Å². The lowest BCUT2D eigenvalue weighted by molar-refractivity contribution is -0.257. The van der Waals surface area contributed by atoms with E-state index in [1.165, 1.54) is 20.8 Å². The summed E-state index contributed by atoms with van der Waals surface area (Å²) in [7, 11) is -6.45. The maximum atomic E-state index is 15.3. The number of Topliss-reactive ketones (excluding diaryl/α,β-unsaturated/α-hetero) is 6. The SMILES string of the molecule is C=C(C)C(=O)C(C)(C)C(O)(OP(=O)(OC(O)(C(=O)C(=C)C)C(C)(C)C(=O)C(=C)C)OC(O)(C(=O)C(=C)C)C(C)(C)C(=O)C(=C)C)C(=O)C(=C)C. The molecule has 0 spiro atoms. The molecule has 3 unspecified atom stereocenters. The standard InChI is InChI=1S/C36H51O13P/c1-19(2)25(37)31(13,14)34(43,28(40)22(7)8)47-50(46,48-35(44,29(41)23(9)10)32(15,16)26(38)20(3)4)49-36(45,30(42)24(11)12)33(17,18)27(39)21(5)6/h43-45H,1,3,5,7,9,11H2,2,4,6,8,10,12-18H3. The Morgan fingerprint density at radius 3 is 0.660 bits per heavy atom. The summed E-state index contributed by atoms with van der Waals surface area (Å²) in [5.74, 6) is -18.8. The molecule has 13 nitrogen and oxygen atoms in total. The Kier molecular flexibility index (Phi) is 13.9. The maximum Gasteiger partial charge on any atom is 0.483 e. The molecular weight excluding hydrogens is 671 g/mol. The van der Waals surface area contributed by atoms with Gasteiger partial charge in [-0.1, -0.05) is 39.5 Å². The summed E-state index contributed by atoms with van der Waals surface area (Å²) in [6.45, 7) is 33.6. The number of allylic oxidation sites excluding steroid dienone is 3. The van der Waals surface area contributed by atoms with Crippen molar-refractivity contribution in [2.45, 2.75) is 100 Å². The van der Waals surface area contributed by atoms with Crippen molar-refractivity contribution in [3.8, 4) is 0 Å². The second-order valence-electron chi connectivity index (χ2n) is 14.2. The molecule has 0 bridgehead atoms. The summed E-state index contributed by atoms with van der Waals surface area (Å²) < 4.78 is 31.6. The van der Waals surface area contributed by atoms with Crippen LogP contribution in [0.4, 0.5) is 0 Å². The Morgan fingerprint density at radius 1 is 0.400 bits per heavy atom. The fourth-order valence-electron chi connectivity index (χ4n) is 4.79. The van der Waals surface area contributed by atoms with Gasteiger partial charge in [0, 0.05) is 0 Å². The number of ketones is 6. The summed E-state index contributed by atoms with van der Waals surface area (Å²) in [5.41, 5.74) is -9.70. The monoisotopic (exact) mass is 722 g/mol. The number of phosphoric acid groups is 1. The maximum absolute atomic E-state index is 15.3. The molecule has 3 N–H and O–H groups in total. The minimum absolute atomic E-state index is 0.243. The van der Waals surface area contributed by atoms with Crippen LogP contribution in [-0.4, -0.2) is 67.4 Å². The smallest absolute Gasteiger partial charge is 0.358 e. The van der Waals surface area contributed by atoms with Gasteiger partial charge in [-0.05, 0) is 117 Å². The number of aliphatic hydroxyl groups is 3. The molecule has 0 radical (unpaired) electrons. The van der Waals surface area contributed by atoms with Gasteiger partial charge in [-0.3, -0.25) is 28.8 Å². The summed E-state index contributed by atoms with van der Waals surface area (Å²) >= 11 is 0. The van der Waals surface area contributed by atoms with E-state index in [-0.39, 0.29) is 16.7 Å². The van der Waals surface area contributed by atoms with Crippen LogP contribution in [0.1, 0.15) is 83.1 Å². The third-order valence-electron chi connectivity index (χ3n) is 8.23. The Bertz CT molecular complexity index is 1470. The van der Waals surface area contributed by atoms with Crippen LogP contribution in [0.5, 0.6) is 0 Å². The van der Waals surface area contributed by atoms with Crippen LogP contribution in [0.25, 0.3) is 0 Å². The van der Waals surface area contributed by atoms with Gasteiger partial charge in [-0.25, -0.2) is 18.1 Å². The van der Waals surface area contributed by atoms with Gasteiger partial charge < -0.3 is 15.3 Å². The summed E-state index contributed by atoms with van der Waals surface area (Å²) in [4.78, 5) is 81.4. The van der Waals surface area contributed by atoms with Crippen molar-refractivity contribution in [3.05, 3.63) is 72.9 Å². The van der Waals surface area contributed by atoms with Gasteiger partial charge in [0.25, 0.3) is 17.4 Å². The predicted molar refractivity (Wildman–Crippen MR) is 186 cm³/mol. The number of carbonyl (C=O) groups is 6. The molecule has 0 aromatic carbocycles.